The van der Waals surface area contributed by atoms with Gasteiger partial charge in [0.15, 0.2) is 0 Å². The molecule has 2 rings (SSSR count). The van der Waals surface area contributed by atoms with Crippen LogP contribution in [0.2, 0.25) is 0 Å². The van der Waals surface area contributed by atoms with Crippen LogP contribution >= 0.6 is 0 Å². The minimum absolute atomic E-state index is 0.413. The van der Waals surface area contributed by atoms with Crippen LogP contribution < -0.4 is 10.5 Å². The van der Waals surface area contributed by atoms with Crippen molar-refractivity contribution in [2.24, 2.45) is 12.8 Å². The molecule has 94 valence electrons. The summed E-state index contributed by atoms with van der Waals surface area (Å²) in [5, 5.41) is 0. The molecular formula is C14H16N2O2. The molecule has 2 aromatic rings. The van der Waals surface area contributed by atoms with Crippen molar-refractivity contribution in [2.45, 2.75) is 6.92 Å². The Labute approximate surface area is 106 Å². The minimum Gasteiger partial charge on any atom is -0.496 e. The van der Waals surface area contributed by atoms with Gasteiger partial charge in [-0.2, -0.15) is 0 Å². The predicted molar refractivity (Wildman–Crippen MR) is 70.7 cm³/mol. The third kappa shape index (κ3) is 1.86. The summed E-state index contributed by atoms with van der Waals surface area (Å²) < 4.78 is 7.28. The van der Waals surface area contributed by atoms with Crippen molar-refractivity contribution in [1.29, 1.82) is 0 Å². The Hall–Kier alpha value is -2.23. The van der Waals surface area contributed by atoms with Crippen molar-refractivity contribution in [2.75, 3.05) is 7.11 Å². The molecule has 0 aliphatic carbocycles. The molecule has 0 saturated carbocycles. The van der Waals surface area contributed by atoms with Gasteiger partial charge in [-0.05, 0) is 25.1 Å². The fourth-order valence-electron chi connectivity index (χ4n) is 2.06. The van der Waals surface area contributed by atoms with E-state index in [0.717, 1.165) is 22.7 Å². The van der Waals surface area contributed by atoms with Crippen LogP contribution in [-0.2, 0) is 7.05 Å². The third-order valence-electron chi connectivity index (χ3n) is 3.18. The van der Waals surface area contributed by atoms with Crippen molar-refractivity contribution in [3.8, 4) is 17.0 Å². The maximum Gasteiger partial charge on any atom is 0.250 e. The summed E-state index contributed by atoms with van der Waals surface area (Å²) >= 11 is 0. The average molecular weight is 244 g/mol. The van der Waals surface area contributed by atoms with Gasteiger partial charge in [-0.15, -0.1) is 0 Å². The largest absolute Gasteiger partial charge is 0.496 e. The highest BCUT2D eigenvalue weighted by molar-refractivity contribution is 5.95. The first kappa shape index (κ1) is 12.2. The number of nitrogens with zero attached hydrogens (tertiary/aromatic N) is 1. The highest BCUT2D eigenvalue weighted by Crippen LogP contribution is 2.31. The second-order valence-corrected chi connectivity index (χ2v) is 4.15. The van der Waals surface area contributed by atoms with Gasteiger partial charge in [0.05, 0.1) is 18.4 Å². The van der Waals surface area contributed by atoms with E-state index < -0.39 is 5.91 Å². The van der Waals surface area contributed by atoms with Crippen LogP contribution in [-0.4, -0.2) is 17.6 Å². The molecule has 0 saturated heterocycles. The molecule has 4 nitrogen and oxygen atoms in total. The SMILES string of the molecule is COc1ccccc1-c1cc(C(N)=O)c(C)n1C. The van der Waals surface area contributed by atoms with E-state index in [4.69, 9.17) is 10.5 Å². The van der Waals surface area contributed by atoms with E-state index in [1.807, 2.05) is 42.8 Å². The average Bonchev–Trinajstić information content (AvgIpc) is 2.66. The number of rotatable bonds is 3. The zero-order chi connectivity index (χ0) is 13.3. The summed E-state index contributed by atoms with van der Waals surface area (Å²) in [6.07, 6.45) is 0. The number of ether oxygens (including phenoxy) is 1. The van der Waals surface area contributed by atoms with E-state index in [1.54, 1.807) is 13.2 Å². The van der Waals surface area contributed by atoms with Gasteiger partial charge in [0.2, 0.25) is 0 Å². The summed E-state index contributed by atoms with van der Waals surface area (Å²) in [6, 6.07) is 9.49. The Kier molecular flexibility index (Phi) is 3.10. The van der Waals surface area contributed by atoms with Crippen molar-refractivity contribution in [1.82, 2.24) is 4.57 Å². The molecule has 18 heavy (non-hydrogen) atoms. The Balaban J connectivity index is 2.65. The molecule has 0 unspecified atom stereocenters. The van der Waals surface area contributed by atoms with Gasteiger partial charge in [0.25, 0.3) is 5.91 Å². The lowest BCUT2D eigenvalue weighted by Gasteiger charge is -2.09. The van der Waals surface area contributed by atoms with Crippen molar-refractivity contribution in [3.63, 3.8) is 0 Å². The third-order valence-corrected chi connectivity index (χ3v) is 3.18. The lowest BCUT2D eigenvalue weighted by molar-refractivity contribution is 0.0999. The van der Waals surface area contributed by atoms with Crippen LogP contribution in [0.3, 0.4) is 0 Å². The van der Waals surface area contributed by atoms with Crippen LogP contribution in [0.5, 0.6) is 5.75 Å². The molecular weight excluding hydrogens is 228 g/mol. The number of amides is 1. The van der Waals surface area contributed by atoms with Gasteiger partial charge in [-0.1, -0.05) is 12.1 Å². The number of primary amides is 1. The predicted octanol–water partition coefficient (Wildman–Crippen LogP) is 2.11. The molecule has 0 radical (unpaired) electrons. The second kappa shape index (κ2) is 4.56. The van der Waals surface area contributed by atoms with E-state index in [-0.39, 0.29) is 0 Å². The van der Waals surface area contributed by atoms with Crippen LogP contribution in [0.15, 0.2) is 30.3 Å². The fourth-order valence-corrected chi connectivity index (χ4v) is 2.06. The topological polar surface area (TPSA) is 57.2 Å². The maximum atomic E-state index is 11.4. The molecule has 0 bridgehead atoms. The molecule has 1 amide bonds. The number of methoxy groups -OCH3 is 1. The summed E-state index contributed by atoms with van der Waals surface area (Å²) in [6.45, 7) is 1.87. The number of aromatic nitrogens is 1. The molecule has 2 N–H and O–H groups in total. The quantitative estimate of drug-likeness (QED) is 0.899. The minimum atomic E-state index is -0.413. The highest BCUT2D eigenvalue weighted by Gasteiger charge is 2.16. The van der Waals surface area contributed by atoms with Crippen molar-refractivity contribution >= 4 is 5.91 Å². The first-order valence-electron chi connectivity index (χ1n) is 5.65. The Morgan fingerprint density at radius 3 is 2.56 bits per heavy atom. The standard InChI is InChI=1S/C14H16N2O2/c1-9-11(14(15)17)8-12(16(9)2)10-6-4-5-7-13(10)18-3/h4-8H,1-3H3,(H2,15,17). The van der Waals surface area contributed by atoms with Crippen LogP contribution in [0.4, 0.5) is 0 Å². The molecule has 0 atom stereocenters. The Bertz CT molecular complexity index is 600. The first-order valence-corrected chi connectivity index (χ1v) is 5.65. The van der Waals surface area contributed by atoms with Gasteiger partial charge >= 0.3 is 0 Å². The van der Waals surface area contributed by atoms with Crippen molar-refractivity contribution in [3.05, 3.63) is 41.6 Å². The number of para-hydroxylation sites is 1. The van der Waals surface area contributed by atoms with Gasteiger partial charge < -0.3 is 15.0 Å². The van der Waals surface area contributed by atoms with Crippen LogP contribution in [0, 0.1) is 6.92 Å². The molecule has 1 heterocycles. The molecule has 0 aliphatic rings. The molecule has 0 spiro atoms. The zero-order valence-corrected chi connectivity index (χ0v) is 10.7. The smallest absolute Gasteiger partial charge is 0.250 e. The molecule has 1 aromatic carbocycles. The van der Waals surface area contributed by atoms with E-state index in [1.165, 1.54) is 0 Å². The van der Waals surface area contributed by atoms with Gasteiger partial charge in [-0.3, -0.25) is 4.79 Å². The number of benzene rings is 1. The fraction of sp³-hybridized carbons (Fsp3) is 0.214. The monoisotopic (exact) mass is 244 g/mol. The van der Waals surface area contributed by atoms with Gasteiger partial charge in [0.1, 0.15) is 5.75 Å². The van der Waals surface area contributed by atoms with Crippen LogP contribution in [0.25, 0.3) is 11.3 Å². The Morgan fingerprint density at radius 2 is 2.00 bits per heavy atom. The van der Waals surface area contributed by atoms with Crippen molar-refractivity contribution < 1.29 is 9.53 Å². The first-order chi connectivity index (χ1) is 8.56. The normalized spacial score (nSPS) is 10.4. The van der Waals surface area contributed by atoms with E-state index >= 15 is 0 Å². The van der Waals surface area contributed by atoms with E-state index in [0.29, 0.717) is 5.56 Å². The summed E-state index contributed by atoms with van der Waals surface area (Å²) in [4.78, 5) is 11.4. The number of hydrogen-bond donors (Lipinski definition) is 1. The molecule has 0 fully saturated rings. The molecule has 1 aromatic heterocycles. The molecule has 4 heteroatoms. The Morgan fingerprint density at radius 1 is 1.33 bits per heavy atom. The number of carbonyl (C=O) groups excluding carboxylic acids is 1. The lowest BCUT2D eigenvalue weighted by Crippen LogP contribution is -2.11. The van der Waals surface area contributed by atoms with Gasteiger partial charge in [0, 0.05) is 18.3 Å². The number of hydrogen-bond acceptors (Lipinski definition) is 2. The second-order valence-electron chi connectivity index (χ2n) is 4.15. The zero-order valence-electron chi connectivity index (χ0n) is 10.7. The summed E-state index contributed by atoms with van der Waals surface area (Å²) in [7, 11) is 3.53. The van der Waals surface area contributed by atoms with Crippen LogP contribution in [0.1, 0.15) is 16.1 Å². The molecule has 0 aliphatic heterocycles. The van der Waals surface area contributed by atoms with Gasteiger partial charge in [-0.25, -0.2) is 0 Å². The maximum absolute atomic E-state index is 11.4. The highest BCUT2D eigenvalue weighted by atomic mass is 16.5. The lowest BCUT2D eigenvalue weighted by atomic mass is 10.1. The van der Waals surface area contributed by atoms with E-state index in [2.05, 4.69) is 0 Å². The summed E-state index contributed by atoms with van der Waals surface area (Å²) in [5.74, 6) is 0.360. The number of nitrogens with two attached hydrogens (primary N) is 1. The number of carbonyl (C=O) groups is 1. The summed E-state index contributed by atoms with van der Waals surface area (Å²) in [5.41, 5.74) is 8.61. The van der Waals surface area contributed by atoms with E-state index in [9.17, 15) is 4.79 Å².